The van der Waals surface area contributed by atoms with Crippen LogP contribution in [-0.4, -0.2) is 14.9 Å². The maximum atomic E-state index is 9.75. The average molecular weight is 325 g/mol. The molecule has 5 heteroatoms. The normalized spacial score (nSPS) is 12.4. The maximum Gasteiger partial charge on any atom is 0.125 e. The summed E-state index contributed by atoms with van der Waals surface area (Å²) in [4.78, 5) is 0. The lowest BCUT2D eigenvalue weighted by Crippen LogP contribution is -2.00. The van der Waals surface area contributed by atoms with Gasteiger partial charge in [0.05, 0.1) is 12.3 Å². The molecule has 102 valence electrons. The number of aromatic nitrogens is 2. The second-order valence-corrected chi connectivity index (χ2v) is 5.27. The molecule has 1 unspecified atom stereocenters. The molecule has 0 aliphatic rings. The van der Waals surface area contributed by atoms with E-state index in [-0.39, 0.29) is 0 Å². The van der Waals surface area contributed by atoms with Crippen molar-refractivity contribution in [2.24, 2.45) is 0 Å². The van der Waals surface area contributed by atoms with Gasteiger partial charge in [-0.2, -0.15) is 5.10 Å². The molecule has 0 amide bonds. The summed E-state index contributed by atoms with van der Waals surface area (Å²) in [5.74, 6) is 0.697. The summed E-state index contributed by atoms with van der Waals surface area (Å²) >= 11 is 3.39. The largest absolute Gasteiger partial charge is 0.488 e. The topological polar surface area (TPSA) is 47.3 Å². The summed E-state index contributed by atoms with van der Waals surface area (Å²) in [6, 6.07) is 5.63. The predicted molar refractivity (Wildman–Crippen MR) is 77.0 cm³/mol. The molecule has 1 N–H and O–H groups in total. The molecule has 1 aromatic carbocycles. The van der Waals surface area contributed by atoms with Crippen molar-refractivity contribution in [1.29, 1.82) is 0 Å². The monoisotopic (exact) mass is 324 g/mol. The van der Waals surface area contributed by atoms with Crippen molar-refractivity contribution in [2.45, 2.75) is 33.1 Å². The first-order chi connectivity index (χ1) is 9.10. The SMILES string of the molecule is CCn1cc(COc2ccc(Br)cc2C(C)O)cn1. The number of aryl methyl sites for hydroxylation is 1. The van der Waals surface area contributed by atoms with Crippen LogP contribution in [0.15, 0.2) is 35.1 Å². The number of hydrogen-bond acceptors (Lipinski definition) is 3. The van der Waals surface area contributed by atoms with Crippen LogP contribution in [0.25, 0.3) is 0 Å². The molecule has 0 spiro atoms. The highest BCUT2D eigenvalue weighted by Crippen LogP contribution is 2.29. The highest BCUT2D eigenvalue weighted by molar-refractivity contribution is 9.10. The van der Waals surface area contributed by atoms with E-state index >= 15 is 0 Å². The first-order valence-corrected chi connectivity index (χ1v) is 7.01. The van der Waals surface area contributed by atoms with E-state index in [1.54, 1.807) is 13.1 Å². The Bertz CT molecular complexity index is 552. The fourth-order valence-electron chi connectivity index (χ4n) is 1.79. The van der Waals surface area contributed by atoms with E-state index in [1.165, 1.54) is 0 Å². The highest BCUT2D eigenvalue weighted by Gasteiger charge is 2.10. The van der Waals surface area contributed by atoms with Gasteiger partial charge in [0.1, 0.15) is 12.4 Å². The Balaban J connectivity index is 2.10. The van der Waals surface area contributed by atoms with Crippen LogP contribution in [0.1, 0.15) is 31.1 Å². The van der Waals surface area contributed by atoms with Crippen LogP contribution in [0.4, 0.5) is 0 Å². The Morgan fingerprint density at radius 1 is 1.47 bits per heavy atom. The average Bonchev–Trinajstić information content (AvgIpc) is 2.85. The Kier molecular flexibility index (Phi) is 4.61. The minimum Gasteiger partial charge on any atom is -0.488 e. The minimum atomic E-state index is -0.564. The molecule has 2 rings (SSSR count). The van der Waals surface area contributed by atoms with E-state index in [4.69, 9.17) is 4.74 Å². The molecule has 0 bridgehead atoms. The fraction of sp³-hybridized carbons (Fsp3) is 0.357. The number of rotatable bonds is 5. The minimum absolute atomic E-state index is 0.446. The summed E-state index contributed by atoms with van der Waals surface area (Å²) in [6.07, 6.45) is 3.19. The smallest absolute Gasteiger partial charge is 0.125 e. The number of ether oxygens (including phenoxy) is 1. The second kappa shape index (κ2) is 6.21. The van der Waals surface area contributed by atoms with Crippen molar-refractivity contribution in [3.63, 3.8) is 0 Å². The Morgan fingerprint density at radius 2 is 2.26 bits per heavy atom. The van der Waals surface area contributed by atoms with Crippen molar-refractivity contribution in [3.05, 3.63) is 46.2 Å². The van der Waals surface area contributed by atoms with E-state index in [2.05, 4.69) is 21.0 Å². The number of hydrogen-bond donors (Lipinski definition) is 1. The lowest BCUT2D eigenvalue weighted by atomic mass is 10.1. The molecule has 1 heterocycles. The molecule has 0 saturated carbocycles. The van der Waals surface area contributed by atoms with Crippen molar-refractivity contribution in [1.82, 2.24) is 9.78 Å². The molecule has 0 aliphatic carbocycles. The van der Waals surface area contributed by atoms with Gasteiger partial charge in [-0.15, -0.1) is 0 Å². The fourth-order valence-corrected chi connectivity index (χ4v) is 2.17. The summed E-state index contributed by atoms with van der Waals surface area (Å²) in [5.41, 5.74) is 1.79. The van der Waals surface area contributed by atoms with E-state index in [9.17, 15) is 5.11 Å². The van der Waals surface area contributed by atoms with Gasteiger partial charge < -0.3 is 9.84 Å². The highest BCUT2D eigenvalue weighted by atomic mass is 79.9. The summed E-state index contributed by atoms with van der Waals surface area (Å²) in [6.45, 7) is 5.06. The van der Waals surface area contributed by atoms with Crippen LogP contribution in [0.5, 0.6) is 5.75 Å². The molecule has 19 heavy (non-hydrogen) atoms. The molecule has 1 aromatic heterocycles. The van der Waals surface area contributed by atoms with Gasteiger partial charge in [-0.3, -0.25) is 4.68 Å². The number of nitrogens with zero attached hydrogens (tertiary/aromatic N) is 2. The van der Waals surface area contributed by atoms with Gasteiger partial charge >= 0.3 is 0 Å². The maximum absolute atomic E-state index is 9.75. The van der Waals surface area contributed by atoms with Gasteiger partial charge in [0, 0.05) is 28.3 Å². The molecular weight excluding hydrogens is 308 g/mol. The van der Waals surface area contributed by atoms with Crippen LogP contribution in [-0.2, 0) is 13.2 Å². The first-order valence-electron chi connectivity index (χ1n) is 6.21. The molecule has 4 nitrogen and oxygen atoms in total. The van der Waals surface area contributed by atoms with Crippen molar-refractivity contribution in [2.75, 3.05) is 0 Å². The molecule has 1 atom stereocenters. The van der Waals surface area contributed by atoms with Gasteiger partial charge in [-0.05, 0) is 32.0 Å². The lowest BCUT2D eigenvalue weighted by molar-refractivity contribution is 0.190. The number of aliphatic hydroxyl groups is 1. The van der Waals surface area contributed by atoms with Gasteiger partial charge in [-0.1, -0.05) is 15.9 Å². The van der Waals surface area contributed by atoms with E-state index in [0.717, 1.165) is 22.1 Å². The molecule has 0 radical (unpaired) electrons. The molecule has 0 aliphatic heterocycles. The zero-order chi connectivity index (χ0) is 13.8. The van der Waals surface area contributed by atoms with E-state index in [1.807, 2.05) is 36.0 Å². The van der Waals surface area contributed by atoms with E-state index in [0.29, 0.717) is 12.4 Å². The number of halogens is 1. The van der Waals surface area contributed by atoms with Crippen LogP contribution < -0.4 is 4.74 Å². The Hall–Kier alpha value is -1.33. The van der Waals surface area contributed by atoms with E-state index < -0.39 is 6.10 Å². The zero-order valence-corrected chi connectivity index (χ0v) is 12.6. The quantitative estimate of drug-likeness (QED) is 0.917. The van der Waals surface area contributed by atoms with Gasteiger partial charge in [-0.25, -0.2) is 0 Å². The standard InChI is InChI=1S/C14H17BrN2O2/c1-3-17-8-11(7-16-17)9-19-14-5-4-12(15)6-13(14)10(2)18/h4-8,10,18H,3,9H2,1-2H3. The molecular formula is C14H17BrN2O2. The van der Waals surface area contributed by atoms with Crippen molar-refractivity contribution >= 4 is 15.9 Å². The molecule has 2 aromatic rings. The zero-order valence-electron chi connectivity index (χ0n) is 11.0. The summed E-state index contributed by atoms with van der Waals surface area (Å²) < 4.78 is 8.55. The van der Waals surface area contributed by atoms with Gasteiger partial charge in [0.15, 0.2) is 0 Å². The third kappa shape index (κ3) is 3.58. The van der Waals surface area contributed by atoms with Crippen LogP contribution >= 0.6 is 15.9 Å². The summed E-state index contributed by atoms with van der Waals surface area (Å²) in [5, 5.41) is 13.9. The molecule has 0 saturated heterocycles. The van der Waals surface area contributed by atoms with Crippen LogP contribution in [0, 0.1) is 0 Å². The van der Waals surface area contributed by atoms with Crippen LogP contribution in [0.3, 0.4) is 0 Å². The first kappa shape index (κ1) is 14.1. The Labute approximate surface area is 121 Å². The molecule has 0 fully saturated rings. The number of aliphatic hydroxyl groups excluding tert-OH is 1. The van der Waals surface area contributed by atoms with Crippen molar-refractivity contribution in [3.8, 4) is 5.75 Å². The predicted octanol–water partition coefficient (Wildman–Crippen LogP) is 3.30. The third-order valence-electron chi connectivity index (χ3n) is 2.83. The van der Waals surface area contributed by atoms with Gasteiger partial charge in [0.2, 0.25) is 0 Å². The number of benzene rings is 1. The second-order valence-electron chi connectivity index (χ2n) is 4.35. The van der Waals surface area contributed by atoms with Crippen molar-refractivity contribution < 1.29 is 9.84 Å². The Morgan fingerprint density at radius 3 is 2.89 bits per heavy atom. The summed E-state index contributed by atoms with van der Waals surface area (Å²) in [7, 11) is 0. The van der Waals surface area contributed by atoms with Gasteiger partial charge in [0.25, 0.3) is 0 Å². The lowest BCUT2D eigenvalue weighted by Gasteiger charge is -2.13. The third-order valence-corrected chi connectivity index (χ3v) is 3.32. The van der Waals surface area contributed by atoms with Crippen LogP contribution in [0.2, 0.25) is 0 Å².